The second-order valence-corrected chi connectivity index (χ2v) is 1.76. The molecule has 0 N–H and O–H groups in total. The van der Waals surface area contributed by atoms with Crippen LogP contribution in [0.15, 0.2) is 28.6 Å². The number of allylic oxidation sites excluding steroid dienone is 1. The monoisotopic (exact) mass is 121 g/mol. The summed E-state index contributed by atoms with van der Waals surface area (Å²) in [6.45, 7) is 0. The van der Waals surface area contributed by atoms with Crippen LogP contribution in [0.4, 0.5) is 0 Å². The molecule has 3 heteroatoms. The second-order valence-electron chi connectivity index (χ2n) is 1.76. The highest BCUT2D eigenvalue weighted by Crippen LogP contribution is 2.22. The first kappa shape index (κ1) is 4.49. The number of nitrogens with zero attached hydrogens (tertiary/aromatic N) is 1. The minimum absolute atomic E-state index is 0.326. The Morgan fingerprint density at radius 2 is 2.44 bits per heavy atom. The molecule has 0 aromatic carbocycles. The molecule has 0 aromatic rings. The molecule has 0 bridgehead atoms. The lowest BCUT2D eigenvalue weighted by Gasteiger charge is -1.89. The Labute approximate surface area is 51.3 Å². The van der Waals surface area contributed by atoms with Gasteiger partial charge in [0.05, 0.1) is 6.08 Å². The maximum Gasteiger partial charge on any atom is 0.338 e. The van der Waals surface area contributed by atoms with E-state index in [0.717, 1.165) is 0 Å². The molecule has 2 rings (SSSR count). The van der Waals surface area contributed by atoms with Gasteiger partial charge in [0, 0.05) is 12.3 Å². The summed E-state index contributed by atoms with van der Waals surface area (Å²) in [6.07, 6.45) is 4.64. The van der Waals surface area contributed by atoms with Crippen LogP contribution in [0, 0.1) is 0 Å². The third-order valence-electron chi connectivity index (χ3n) is 1.16. The number of ether oxygens (including phenoxy) is 1. The van der Waals surface area contributed by atoms with Crippen molar-refractivity contribution < 1.29 is 9.53 Å². The molecule has 0 aliphatic carbocycles. The normalized spacial score (nSPS) is 21.1. The molecule has 0 saturated carbocycles. The molecule has 0 aromatic heterocycles. The van der Waals surface area contributed by atoms with Crippen LogP contribution < -0.4 is 0 Å². The molecule has 0 spiro atoms. The van der Waals surface area contributed by atoms with E-state index in [-0.39, 0.29) is 5.97 Å². The van der Waals surface area contributed by atoms with Crippen molar-refractivity contribution in [3.8, 4) is 0 Å². The Morgan fingerprint density at radius 1 is 1.56 bits per heavy atom. The number of hydrogen-bond donors (Lipinski definition) is 0. The summed E-state index contributed by atoms with van der Waals surface area (Å²) in [5, 5.41) is 0. The molecule has 3 nitrogen and oxygen atoms in total. The fourth-order valence-corrected chi connectivity index (χ4v) is 0.778. The van der Waals surface area contributed by atoms with E-state index in [0.29, 0.717) is 11.5 Å². The van der Waals surface area contributed by atoms with Gasteiger partial charge in [-0.3, -0.25) is 4.99 Å². The molecule has 2 aliphatic rings. The second kappa shape index (κ2) is 1.31. The van der Waals surface area contributed by atoms with Crippen LogP contribution in [0.3, 0.4) is 0 Å². The van der Waals surface area contributed by atoms with Crippen molar-refractivity contribution in [2.75, 3.05) is 0 Å². The quantitative estimate of drug-likeness (QED) is 0.435. The highest BCUT2D eigenvalue weighted by atomic mass is 16.5. The summed E-state index contributed by atoms with van der Waals surface area (Å²) < 4.78 is 4.69. The molecule has 0 amide bonds. The third kappa shape index (κ3) is 0.512. The zero-order valence-corrected chi connectivity index (χ0v) is 4.50. The maximum absolute atomic E-state index is 10.4. The van der Waals surface area contributed by atoms with Crippen molar-refractivity contribution in [1.29, 1.82) is 0 Å². The van der Waals surface area contributed by atoms with E-state index in [1.54, 1.807) is 12.3 Å². The molecule has 2 aliphatic heterocycles. The lowest BCUT2D eigenvalue weighted by Crippen LogP contribution is -1.89. The average Bonchev–Trinajstić information content (AvgIpc) is 2.22. The maximum atomic E-state index is 10.4. The van der Waals surface area contributed by atoms with Crippen LogP contribution in [0.2, 0.25) is 0 Å². The minimum atomic E-state index is -0.326. The predicted molar refractivity (Wildman–Crippen MR) is 30.7 cm³/mol. The fraction of sp³-hybridized carbons (Fsp3) is 0. The van der Waals surface area contributed by atoms with Gasteiger partial charge in [0.15, 0.2) is 5.76 Å². The summed E-state index contributed by atoms with van der Waals surface area (Å²) in [6, 6.07) is 0. The Kier molecular flexibility index (Phi) is 0.656. The predicted octanol–water partition coefficient (Wildman–Crippen LogP) is 0.395. The Balaban J connectivity index is 2.51. The first-order valence-corrected chi connectivity index (χ1v) is 2.54. The minimum Gasteiger partial charge on any atom is -0.421 e. The Bertz CT molecular complexity index is 260. The summed E-state index contributed by atoms with van der Waals surface area (Å²) in [5.74, 6) is 0.244. The van der Waals surface area contributed by atoms with Crippen molar-refractivity contribution in [3.63, 3.8) is 0 Å². The highest BCUT2D eigenvalue weighted by molar-refractivity contribution is 5.92. The van der Waals surface area contributed by atoms with Crippen LogP contribution >= 0.6 is 0 Å². The van der Waals surface area contributed by atoms with Crippen molar-refractivity contribution >= 4 is 12.2 Å². The summed E-state index contributed by atoms with van der Waals surface area (Å²) >= 11 is 0. The molecule has 2 heterocycles. The van der Waals surface area contributed by atoms with Gasteiger partial charge in [0.1, 0.15) is 5.70 Å². The smallest absolute Gasteiger partial charge is 0.338 e. The van der Waals surface area contributed by atoms with Gasteiger partial charge in [-0.25, -0.2) is 4.79 Å². The summed E-state index contributed by atoms with van der Waals surface area (Å²) in [5.41, 5.74) is 0.639. The zero-order valence-electron chi connectivity index (χ0n) is 4.50. The van der Waals surface area contributed by atoms with Gasteiger partial charge in [-0.05, 0) is 0 Å². The number of hydrogen-bond acceptors (Lipinski definition) is 3. The number of fused-ring (bicyclic) bond motifs is 1. The first-order valence-electron chi connectivity index (χ1n) is 2.54. The number of aliphatic imine (C=N–C) groups is 1. The van der Waals surface area contributed by atoms with E-state index in [1.807, 2.05) is 0 Å². The van der Waals surface area contributed by atoms with E-state index in [9.17, 15) is 4.79 Å². The van der Waals surface area contributed by atoms with Crippen LogP contribution in [-0.2, 0) is 9.53 Å². The molecular formula is C6H3NO2. The fourth-order valence-electron chi connectivity index (χ4n) is 0.778. The molecule has 44 valence electrons. The van der Waals surface area contributed by atoms with E-state index < -0.39 is 0 Å². The largest absolute Gasteiger partial charge is 0.421 e. The summed E-state index contributed by atoms with van der Waals surface area (Å²) in [4.78, 5) is 14.3. The average molecular weight is 121 g/mol. The van der Waals surface area contributed by atoms with Crippen molar-refractivity contribution in [2.24, 2.45) is 4.99 Å². The lowest BCUT2D eigenvalue weighted by molar-refractivity contribution is -0.132. The van der Waals surface area contributed by atoms with Crippen molar-refractivity contribution in [2.45, 2.75) is 0 Å². The van der Waals surface area contributed by atoms with Crippen LogP contribution in [0.5, 0.6) is 0 Å². The first-order chi connectivity index (χ1) is 4.36. The van der Waals surface area contributed by atoms with Gasteiger partial charge in [0.2, 0.25) is 0 Å². The molecule has 0 atom stereocenters. The standard InChI is InChI=1S/C6H3NO2/c8-6-3-4-5(9-6)1-2-7-4/h1-3H. The number of esters is 1. The molecular weight excluding hydrogens is 118 g/mol. The van der Waals surface area contributed by atoms with E-state index in [1.165, 1.54) is 6.08 Å². The number of carbonyl (C=O) groups is 1. The van der Waals surface area contributed by atoms with Gasteiger partial charge in [-0.2, -0.15) is 0 Å². The van der Waals surface area contributed by atoms with Gasteiger partial charge >= 0.3 is 5.97 Å². The molecule has 0 unspecified atom stereocenters. The van der Waals surface area contributed by atoms with E-state index in [4.69, 9.17) is 0 Å². The van der Waals surface area contributed by atoms with E-state index >= 15 is 0 Å². The summed E-state index contributed by atoms with van der Waals surface area (Å²) in [7, 11) is 0. The van der Waals surface area contributed by atoms with Gasteiger partial charge in [-0.15, -0.1) is 0 Å². The van der Waals surface area contributed by atoms with Crippen LogP contribution in [-0.4, -0.2) is 12.2 Å². The Morgan fingerprint density at radius 3 is 3.22 bits per heavy atom. The lowest BCUT2D eigenvalue weighted by atomic mass is 10.4. The molecule has 0 fully saturated rings. The van der Waals surface area contributed by atoms with Gasteiger partial charge in [-0.1, -0.05) is 0 Å². The molecule has 0 saturated heterocycles. The van der Waals surface area contributed by atoms with Crippen LogP contribution in [0.1, 0.15) is 0 Å². The number of rotatable bonds is 0. The van der Waals surface area contributed by atoms with Gasteiger partial charge in [0.25, 0.3) is 0 Å². The van der Waals surface area contributed by atoms with Gasteiger partial charge < -0.3 is 4.74 Å². The topological polar surface area (TPSA) is 38.7 Å². The van der Waals surface area contributed by atoms with Crippen molar-refractivity contribution in [3.05, 3.63) is 23.6 Å². The highest BCUT2D eigenvalue weighted by Gasteiger charge is 2.20. The SMILES string of the molecule is O=C1C=C2N=CC=C2O1. The number of carbonyl (C=O) groups excluding carboxylic acids is 1. The molecule has 0 radical (unpaired) electrons. The van der Waals surface area contributed by atoms with E-state index in [2.05, 4.69) is 9.73 Å². The van der Waals surface area contributed by atoms with Crippen LogP contribution in [0.25, 0.3) is 0 Å². The third-order valence-corrected chi connectivity index (χ3v) is 1.16. The molecule has 9 heavy (non-hydrogen) atoms. The Hall–Kier alpha value is -1.38. The zero-order chi connectivity index (χ0) is 6.27. The van der Waals surface area contributed by atoms with Crippen molar-refractivity contribution in [1.82, 2.24) is 0 Å².